The molecule has 61 heavy (non-hydrogen) atoms. The van der Waals surface area contributed by atoms with E-state index >= 15 is 0 Å². The van der Waals surface area contributed by atoms with Gasteiger partial charge >= 0.3 is 11.9 Å². The maximum Gasteiger partial charge on any atom is 0.330 e. The van der Waals surface area contributed by atoms with Crippen LogP contribution in [-0.2, 0) is 35.3 Å². The van der Waals surface area contributed by atoms with Crippen LogP contribution in [0.2, 0.25) is 0 Å². The average molecular weight is 862 g/mol. The van der Waals surface area contributed by atoms with Crippen LogP contribution >= 0.6 is 15.9 Å². The van der Waals surface area contributed by atoms with Crippen molar-refractivity contribution < 1.29 is 19.1 Å². The van der Waals surface area contributed by atoms with Gasteiger partial charge in [0.25, 0.3) is 0 Å². The first-order valence-electron chi connectivity index (χ1n) is 20.8. The number of hydrogen-bond acceptors (Lipinski definition) is 4. The lowest BCUT2D eigenvalue weighted by Crippen LogP contribution is -2.38. The molecule has 0 spiro atoms. The van der Waals surface area contributed by atoms with Crippen LogP contribution in [0.5, 0.6) is 0 Å². The summed E-state index contributed by atoms with van der Waals surface area (Å²) >= 11 is 3.69. The van der Waals surface area contributed by atoms with Crippen LogP contribution in [0.1, 0.15) is 62.4 Å². The molecule has 0 aliphatic heterocycles. The lowest BCUT2D eigenvalue weighted by atomic mass is 9.77. The number of benzene rings is 8. The molecule has 0 aromatic heterocycles. The molecule has 8 aromatic rings. The first-order valence-corrected chi connectivity index (χ1v) is 21.6. The van der Waals surface area contributed by atoms with E-state index in [0.29, 0.717) is 0 Å². The zero-order chi connectivity index (χ0) is 42.6. The second kappa shape index (κ2) is 13.9. The minimum absolute atomic E-state index is 0.0212. The van der Waals surface area contributed by atoms with E-state index in [4.69, 9.17) is 9.47 Å². The molecular formula is C56H45BrO4. The summed E-state index contributed by atoms with van der Waals surface area (Å²) in [6.07, 6.45) is 2.34. The average Bonchev–Trinajstić information content (AvgIpc) is 3.66. The molecule has 0 heterocycles. The molecule has 8 aromatic carbocycles. The van der Waals surface area contributed by atoms with Gasteiger partial charge in [-0.3, -0.25) is 0 Å². The molecule has 10 rings (SSSR count). The van der Waals surface area contributed by atoms with Crippen LogP contribution in [0.25, 0.3) is 76.8 Å². The zero-order valence-electron chi connectivity index (χ0n) is 35.0. The number of esters is 2. The summed E-state index contributed by atoms with van der Waals surface area (Å²) in [4.78, 5) is 25.8. The summed E-state index contributed by atoms with van der Waals surface area (Å²) in [5.41, 5.74) is 13.2. The lowest BCUT2D eigenvalue weighted by Gasteiger charge is -2.31. The minimum Gasteiger partial charge on any atom is -0.461 e. The Morgan fingerprint density at radius 3 is 1.61 bits per heavy atom. The van der Waals surface area contributed by atoms with E-state index in [2.05, 4.69) is 185 Å². The highest BCUT2D eigenvalue weighted by molar-refractivity contribution is 9.10. The van der Waals surface area contributed by atoms with E-state index < -0.39 is 17.4 Å². The van der Waals surface area contributed by atoms with Crippen molar-refractivity contribution in [3.63, 3.8) is 0 Å². The first-order chi connectivity index (χ1) is 29.2. The van der Waals surface area contributed by atoms with Gasteiger partial charge in [-0.25, -0.2) is 9.59 Å². The van der Waals surface area contributed by atoms with Crippen molar-refractivity contribution >= 4 is 60.2 Å². The predicted molar refractivity (Wildman–Crippen MR) is 254 cm³/mol. The summed E-state index contributed by atoms with van der Waals surface area (Å²) in [6, 6.07) is 44.3. The van der Waals surface area contributed by atoms with E-state index in [1.165, 1.54) is 66.9 Å². The molecular weight excluding hydrogens is 817 g/mol. The van der Waals surface area contributed by atoms with Crippen molar-refractivity contribution in [3.05, 3.63) is 179 Å². The fourth-order valence-corrected chi connectivity index (χ4v) is 10.5. The standard InChI is InChI=1S/C56H45BrO4/c1-8-50(58)60-30-56(31-61-51(59)9-2)48-27-34(33-13-19-41-42-23-17-39(57)29-47(42)55(6,7)46(41)26-33)14-20-43(48)44-21-15-35(28-49(44)56)40-18-12-32-10-11-36-24-38(54(3,4)5)25-37-16-22-45(40)53(32)52(36)37/h8-29H,1-2,30-31H2,3-7H3. The Labute approximate surface area is 365 Å². The topological polar surface area (TPSA) is 52.6 Å². The normalized spacial score (nSPS) is 14.4. The number of hydrogen-bond donors (Lipinski definition) is 0. The van der Waals surface area contributed by atoms with Gasteiger partial charge < -0.3 is 9.47 Å². The summed E-state index contributed by atoms with van der Waals surface area (Å²) in [6.45, 7) is 18.6. The van der Waals surface area contributed by atoms with E-state index in [-0.39, 0.29) is 24.0 Å². The summed E-state index contributed by atoms with van der Waals surface area (Å²) < 4.78 is 13.0. The number of rotatable bonds is 8. The maximum atomic E-state index is 12.9. The highest BCUT2D eigenvalue weighted by atomic mass is 79.9. The van der Waals surface area contributed by atoms with E-state index in [9.17, 15) is 9.59 Å². The molecule has 2 aliphatic carbocycles. The van der Waals surface area contributed by atoms with Gasteiger partial charge in [0.15, 0.2) is 0 Å². The second-order valence-electron chi connectivity index (χ2n) is 18.2. The smallest absolute Gasteiger partial charge is 0.330 e. The van der Waals surface area contributed by atoms with Crippen molar-refractivity contribution in [3.8, 4) is 44.5 Å². The van der Waals surface area contributed by atoms with Crippen molar-refractivity contribution in [2.75, 3.05) is 13.2 Å². The molecule has 0 atom stereocenters. The lowest BCUT2D eigenvalue weighted by molar-refractivity contribution is -0.143. The molecule has 0 unspecified atom stereocenters. The third-order valence-electron chi connectivity index (χ3n) is 13.4. The van der Waals surface area contributed by atoms with Gasteiger partial charge in [-0.2, -0.15) is 0 Å². The Balaban J connectivity index is 1.15. The van der Waals surface area contributed by atoms with Crippen molar-refractivity contribution in [2.45, 2.75) is 50.9 Å². The van der Waals surface area contributed by atoms with Gasteiger partial charge in [0.1, 0.15) is 13.2 Å². The van der Waals surface area contributed by atoms with Gasteiger partial charge in [-0.15, -0.1) is 0 Å². The van der Waals surface area contributed by atoms with Gasteiger partial charge in [0, 0.05) is 22.0 Å². The number of fused-ring (bicyclic) bond motifs is 6. The van der Waals surface area contributed by atoms with Crippen LogP contribution in [0.3, 0.4) is 0 Å². The predicted octanol–water partition coefficient (Wildman–Crippen LogP) is 14.0. The number of carbonyl (C=O) groups is 2. The molecule has 2 aliphatic rings. The second-order valence-corrected chi connectivity index (χ2v) is 19.2. The molecule has 0 amide bonds. The van der Waals surface area contributed by atoms with Crippen molar-refractivity contribution in [2.24, 2.45) is 0 Å². The Bertz CT molecular complexity index is 3150. The minimum atomic E-state index is -1.04. The molecule has 0 bridgehead atoms. The van der Waals surface area contributed by atoms with Crippen LogP contribution in [0.4, 0.5) is 0 Å². The fourth-order valence-electron chi connectivity index (χ4n) is 10.1. The largest absolute Gasteiger partial charge is 0.461 e. The van der Waals surface area contributed by atoms with Crippen LogP contribution in [0, 0.1) is 0 Å². The number of ether oxygens (including phenoxy) is 2. The number of halogens is 1. The molecule has 0 radical (unpaired) electrons. The summed E-state index contributed by atoms with van der Waals surface area (Å²) in [5.74, 6) is -1.10. The van der Waals surface area contributed by atoms with Crippen LogP contribution in [0.15, 0.2) is 151 Å². The Kier molecular flexibility index (Phi) is 8.84. The molecule has 0 N–H and O–H groups in total. The Morgan fingerprint density at radius 1 is 0.557 bits per heavy atom. The van der Waals surface area contributed by atoms with Gasteiger partial charge in [0.2, 0.25) is 0 Å². The van der Waals surface area contributed by atoms with Gasteiger partial charge in [-0.05, 0) is 140 Å². The first kappa shape index (κ1) is 38.9. The maximum absolute atomic E-state index is 12.9. The molecule has 0 saturated carbocycles. The molecule has 0 saturated heterocycles. The van der Waals surface area contributed by atoms with Crippen LogP contribution < -0.4 is 0 Å². The van der Waals surface area contributed by atoms with Crippen molar-refractivity contribution in [1.82, 2.24) is 0 Å². The third-order valence-corrected chi connectivity index (χ3v) is 13.9. The van der Waals surface area contributed by atoms with Gasteiger partial charge in [-0.1, -0.05) is 155 Å². The molecule has 300 valence electrons. The molecule has 4 nitrogen and oxygen atoms in total. The Morgan fingerprint density at radius 2 is 1.02 bits per heavy atom. The Hall–Kier alpha value is -6.30. The van der Waals surface area contributed by atoms with E-state index in [1.807, 2.05) is 0 Å². The summed E-state index contributed by atoms with van der Waals surface area (Å²) in [7, 11) is 0. The monoisotopic (exact) mass is 860 g/mol. The SMILES string of the molecule is C=CC(=O)OCC1(COC(=O)C=C)c2cc(-c3ccc4c(c3)C(C)(C)c3cc(Br)ccc3-4)ccc2-c2ccc(-c3ccc4ccc5cc(C(C)(C)C)cc6ccc3c4c56)cc21. The quantitative estimate of drug-likeness (QED) is 0.0868. The fraction of sp³-hybridized carbons (Fsp3) is 0.179. The van der Waals surface area contributed by atoms with E-state index in [1.54, 1.807) is 0 Å². The molecule has 5 heteroatoms. The third kappa shape index (κ3) is 6.00. The number of carbonyl (C=O) groups excluding carboxylic acids is 2. The molecule has 0 fully saturated rings. The zero-order valence-corrected chi connectivity index (χ0v) is 36.6. The van der Waals surface area contributed by atoms with Crippen molar-refractivity contribution in [1.29, 1.82) is 0 Å². The van der Waals surface area contributed by atoms with Crippen LogP contribution in [-0.4, -0.2) is 25.2 Å². The highest BCUT2D eigenvalue weighted by Crippen LogP contribution is 2.54. The van der Waals surface area contributed by atoms with E-state index in [0.717, 1.165) is 54.4 Å². The summed E-state index contributed by atoms with van der Waals surface area (Å²) in [5, 5.41) is 7.31. The van der Waals surface area contributed by atoms with Gasteiger partial charge in [0.05, 0.1) is 5.41 Å². The highest BCUT2D eigenvalue weighted by Gasteiger charge is 2.46.